The summed E-state index contributed by atoms with van der Waals surface area (Å²) in [6, 6.07) is -0.921. The van der Waals surface area contributed by atoms with Crippen molar-refractivity contribution in [2.24, 2.45) is 0 Å². The molecule has 0 aliphatic heterocycles. The van der Waals surface area contributed by atoms with E-state index >= 15 is 0 Å². The number of aliphatic hydroxyl groups is 1. The van der Waals surface area contributed by atoms with Crippen LogP contribution in [-0.4, -0.2) is 68.5 Å². The Hall–Kier alpha value is -3.10. The lowest BCUT2D eigenvalue weighted by Gasteiger charge is -2.29. The second-order valence-corrected chi connectivity index (χ2v) is 25.2. The van der Waals surface area contributed by atoms with E-state index in [1.165, 1.54) is 167 Å². The van der Waals surface area contributed by atoms with Gasteiger partial charge in [-0.05, 0) is 103 Å². The molecule has 0 radical (unpaired) electrons. The number of phosphoric ester groups is 1. The van der Waals surface area contributed by atoms with Crippen LogP contribution in [0.2, 0.25) is 0 Å². The van der Waals surface area contributed by atoms with Gasteiger partial charge in [0.15, 0.2) is 0 Å². The summed E-state index contributed by atoms with van der Waals surface area (Å²) in [6.07, 6.45) is 93.1. The zero-order valence-corrected chi connectivity index (χ0v) is 54.8. The highest BCUT2D eigenvalue weighted by Crippen LogP contribution is 2.38. The number of hydrogen-bond donors (Lipinski definition) is 2. The van der Waals surface area contributed by atoms with E-state index in [-0.39, 0.29) is 12.5 Å². The second-order valence-electron chi connectivity index (χ2n) is 23.8. The van der Waals surface area contributed by atoms with Gasteiger partial charge in [-0.2, -0.15) is 0 Å². The van der Waals surface area contributed by atoms with E-state index in [2.05, 4.69) is 129 Å². The predicted octanol–water partition coefficient (Wildman–Crippen LogP) is 21.0. The SMILES string of the molecule is CC/C=C\C/C=C\C/C=C\C/C=C\C/C=C\C/C=C\C/C=C\CCCCCCCCCCCCCC(=O)NC(COP(=O)([O-])OCC[N+](C)(C)C)C(O)/C=C/CC/C=C/CC/C=C/CCCCCCCCCCCCCCCCCCC. The molecule has 1 amide bonds. The van der Waals surface area contributed by atoms with Crippen LogP contribution in [0.5, 0.6) is 0 Å². The fraction of sp³-hybridized carbons (Fsp3) is 0.712. The number of nitrogens with zero attached hydrogens (tertiary/aromatic N) is 1. The molecule has 2 N–H and O–H groups in total. The molecule has 0 rings (SSSR count). The van der Waals surface area contributed by atoms with Gasteiger partial charge in [-0.15, -0.1) is 0 Å². The molecule has 0 bridgehead atoms. The number of likely N-dealkylation sites (N-methyl/N-ethyl adjacent to an activating group) is 1. The first-order chi connectivity index (χ1) is 40.0. The zero-order valence-electron chi connectivity index (χ0n) is 53.9. The Morgan fingerprint density at radius 1 is 0.439 bits per heavy atom. The number of carbonyl (C=O) groups excluding carboxylic acids is 1. The lowest BCUT2D eigenvalue weighted by atomic mass is 10.0. The summed E-state index contributed by atoms with van der Waals surface area (Å²) in [5.74, 6) is -0.217. The molecule has 0 fully saturated rings. The van der Waals surface area contributed by atoms with E-state index in [4.69, 9.17) is 9.05 Å². The topological polar surface area (TPSA) is 108 Å². The Bertz CT molecular complexity index is 1750. The average molecular weight is 1160 g/mol. The van der Waals surface area contributed by atoms with Crippen LogP contribution in [0.15, 0.2) is 122 Å². The van der Waals surface area contributed by atoms with Crippen molar-refractivity contribution in [3.05, 3.63) is 122 Å². The molecular weight excluding hydrogens is 1030 g/mol. The number of aliphatic hydroxyl groups excluding tert-OH is 1. The molecule has 8 nitrogen and oxygen atoms in total. The third kappa shape index (κ3) is 64.5. The van der Waals surface area contributed by atoms with E-state index < -0.39 is 26.6 Å². The molecule has 0 saturated carbocycles. The van der Waals surface area contributed by atoms with Crippen LogP contribution in [0.4, 0.5) is 0 Å². The molecule has 3 unspecified atom stereocenters. The summed E-state index contributed by atoms with van der Waals surface area (Å²) in [7, 11) is 1.22. The third-order valence-corrected chi connectivity index (χ3v) is 15.6. The minimum atomic E-state index is -4.62. The average Bonchev–Trinajstić information content (AvgIpc) is 3.47. The molecule has 9 heteroatoms. The van der Waals surface area contributed by atoms with E-state index in [1.54, 1.807) is 6.08 Å². The van der Waals surface area contributed by atoms with Crippen LogP contribution in [0.3, 0.4) is 0 Å². The Morgan fingerprint density at radius 2 is 0.756 bits per heavy atom. The van der Waals surface area contributed by atoms with Crippen LogP contribution >= 0.6 is 7.82 Å². The normalized spacial score (nSPS) is 14.5. The summed E-state index contributed by atoms with van der Waals surface area (Å²) >= 11 is 0. The Kier molecular flexibility index (Phi) is 60.1. The summed E-state index contributed by atoms with van der Waals surface area (Å²) < 4.78 is 23.4. The molecule has 0 aromatic carbocycles. The van der Waals surface area contributed by atoms with Crippen molar-refractivity contribution in [2.75, 3.05) is 40.9 Å². The van der Waals surface area contributed by atoms with Crippen molar-refractivity contribution >= 4 is 13.7 Å². The molecule has 0 aromatic heterocycles. The first kappa shape index (κ1) is 78.9. The van der Waals surface area contributed by atoms with Gasteiger partial charge in [0.25, 0.3) is 7.82 Å². The van der Waals surface area contributed by atoms with Crippen molar-refractivity contribution < 1.29 is 32.9 Å². The smallest absolute Gasteiger partial charge is 0.268 e. The van der Waals surface area contributed by atoms with Crippen LogP contribution in [0.25, 0.3) is 0 Å². The predicted molar refractivity (Wildman–Crippen MR) is 357 cm³/mol. The second kappa shape index (κ2) is 62.4. The lowest BCUT2D eigenvalue weighted by Crippen LogP contribution is -2.45. The third-order valence-electron chi connectivity index (χ3n) is 14.6. The standard InChI is InChI=1S/C73H129N2O6P/c1-6-8-10-12-14-16-18-20-22-24-26-28-30-32-34-35-36-37-38-39-41-43-45-47-49-51-53-55-57-59-61-63-65-67-73(77)74-71(70-81-82(78,79)80-69-68-75(3,4)5)72(76)66-64-62-60-58-56-54-52-50-48-46-44-42-40-33-31-29-27-25-23-21-19-17-15-13-11-9-7-2/h8,10,14,16,20,22,26,28,32,34,36-37,39,41,48,50,56,58,64,66,71-72,76H,6-7,9,11-13,15,17-19,21,23-25,27,29-31,33,35,38,40,42-47,49,51-55,57,59-63,65,67-70H2,1-5H3,(H-,74,77,78,79)/b10-8-,16-14-,22-20-,28-26-,34-32-,37-36-,41-39-,50-48+,58-56+,66-64+. The quantitative estimate of drug-likeness (QED) is 0.0272. The van der Waals surface area contributed by atoms with Gasteiger partial charge in [0, 0.05) is 6.42 Å². The van der Waals surface area contributed by atoms with Crippen molar-refractivity contribution in [2.45, 2.75) is 296 Å². The summed E-state index contributed by atoms with van der Waals surface area (Å²) in [5.41, 5.74) is 0. The fourth-order valence-electron chi connectivity index (χ4n) is 9.40. The van der Waals surface area contributed by atoms with Gasteiger partial charge >= 0.3 is 0 Å². The van der Waals surface area contributed by atoms with Gasteiger partial charge in [0.1, 0.15) is 13.2 Å². The molecule has 472 valence electrons. The lowest BCUT2D eigenvalue weighted by molar-refractivity contribution is -0.870. The first-order valence-corrected chi connectivity index (χ1v) is 35.4. The number of nitrogens with one attached hydrogen (secondary N) is 1. The molecule has 0 saturated heterocycles. The van der Waals surface area contributed by atoms with Gasteiger partial charge in [0.05, 0.1) is 39.9 Å². The summed E-state index contributed by atoms with van der Waals surface area (Å²) in [6.45, 7) is 4.52. The van der Waals surface area contributed by atoms with E-state index in [0.29, 0.717) is 17.4 Å². The summed E-state index contributed by atoms with van der Waals surface area (Å²) in [5, 5.41) is 13.9. The molecule has 0 aliphatic rings. The maximum absolute atomic E-state index is 13.0. The van der Waals surface area contributed by atoms with Crippen LogP contribution in [0.1, 0.15) is 284 Å². The number of quaternary nitrogens is 1. The zero-order chi connectivity index (χ0) is 59.8. The molecule has 0 aromatic rings. The van der Waals surface area contributed by atoms with Gasteiger partial charge in [-0.1, -0.05) is 296 Å². The van der Waals surface area contributed by atoms with Crippen molar-refractivity contribution in [1.82, 2.24) is 5.32 Å². The molecule has 3 atom stereocenters. The molecular formula is C73H129N2O6P. The maximum atomic E-state index is 13.0. The highest BCUT2D eigenvalue weighted by molar-refractivity contribution is 7.45. The highest BCUT2D eigenvalue weighted by atomic mass is 31.2. The van der Waals surface area contributed by atoms with Crippen LogP contribution < -0.4 is 10.2 Å². The van der Waals surface area contributed by atoms with Crippen LogP contribution in [0, 0.1) is 0 Å². The van der Waals surface area contributed by atoms with Gasteiger partial charge in [-0.3, -0.25) is 9.36 Å². The molecule has 82 heavy (non-hydrogen) atoms. The summed E-state index contributed by atoms with van der Waals surface area (Å²) in [4.78, 5) is 25.6. The number of amides is 1. The molecule has 0 heterocycles. The highest BCUT2D eigenvalue weighted by Gasteiger charge is 2.23. The van der Waals surface area contributed by atoms with Gasteiger partial charge < -0.3 is 28.8 Å². The minimum Gasteiger partial charge on any atom is -0.756 e. The van der Waals surface area contributed by atoms with Crippen molar-refractivity contribution in [1.29, 1.82) is 0 Å². The van der Waals surface area contributed by atoms with E-state index in [1.807, 2.05) is 27.2 Å². The number of unbranched alkanes of at least 4 members (excludes halogenated alkanes) is 30. The number of phosphoric acid groups is 1. The van der Waals surface area contributed by atoms with Crippen molar-refractivity contribution in [3.63, 3.8) is 0 Å². The van der Waals surface area contributed by atoms with E-state index in [9.17, 15) is 19.4 Å². The number of carbonyl (C=O) groups is 1. The maximum Gasteiger partial charge on any atom is 0.268 e. The first-order valence-electron chi connectivity index (χ1n) is 33.9. The molecule has 0 spiro atoms. The fourth-order valence-corrected chi connectivity index (χ4v) is 10.1. The number of rotatable bonds is 61. The minimum absolute atomic E-state index is 0.0150. The largest absolute Gasteiger partial charge is 0.756 e. The van der Waals surface area contributed by atoms with Crippen LogP contribution in [-0.2, 0) is 18.4 Å². The van der Waals surface area contributed by atoms with Gasteiger partial charge in [-0.25, -0.2) is 0 Å². The monoisotopic (exact) mass is 1160 g/mol. The number of allylic oxidation sites excluding steroid dienone is 19. The van der Waals surface area contributed by atoms with E-state index in [0.717, 1.165) is 96.3 Å². The molecule has 0 aliphatic carbocycles. The Balaban J connectivity index is 4.20. The Labute approximate surface area is 507 Å². The van der Waals surface area contributed by atoms with Gasteiger partial charge in [0.2, 0.25) is 5.91 Å². The number of hydrogen-bond acceptors (Lipinski definition) is 6. The Morgan fingerprint density at radius 3 is 1.13 bits per heavy atom. The van der Waals surface area contributed by atoms with Crippen molar-refractivity contribution in [3.8, 4) is 0 Å².